The minimum atomic E-state index is -0.170. The lowest BCUT2D eigenvalue weighted by Gasteiger charge is -2.72. The van der Waals surface area contributed by atoms with E-state index in [0.29, 0.717) is 67.5 Å². The molecule has 6 aliphatic rings. The van der Waals surface area contributed by atoms with Gasteiger partial charge in [0.05, 0.1) is 25.0 Å². The van der Waals surface area contributed by atoms with Gasteiger partial charge >= 0.3 is 0 Å². The number of nitrogens with one attached hydrogen (secondary N) is 1. The van der Waals surface area contributed by atoms with Gasteiger partial charge in [0, 0.05) is 43.0 Å². The molecule has 0 aromatic carbocycles. The van der Waals surface area contributed by atoms with Crippen molar-refractivity contribution in [2.75, 3.05) is 31.2 Å². The van der Waals surface area contributed by atoms with Crippen LogP contribution in [-0.4, -0.2) is 85.2 Å². The molecule has 46 heavy (non-hydrogen) atoms. The average molecular weight is 627 g/mol. The van der Waals surface area contributed by atoms with Crippen molar-refractivity contribution in [1.82, 2.24) is 34.8 Å². The summed E-state index contributed by atoms with van der Waals surface area (Å²) in [5.74, 6) is 0.481. The second-order valence-electron chi connectivity index (χ2n) is 14.2. The van der Waals surface area contributed by atoms with Gasteiger partial charge in [-0.3, -0.25) is 19.4 Å². The largest absolute Gasteiger partial charge is 0.377 e. The summed E-state index contributed by atoms with van der Waals surface area (Å²) >= 11 is 0. The number of hydrogen-bond donors (Lipinski definition) is 1. The first-order chi connectivity index (χ1) is 22.2. The van der Waals surface area contributed by atoms with E-state index in [-0.39, 0.29) is 46.9 Å². The van der Waals surface area contributed by atoms with Crippen LogP contribution in [0.3, 0.4) is 0 Å². The van der Waals surface area contributed by atoms with Crippen LogP contribution in [0.5, 0.6) is 0 Å². The van der Waals surface area contributed by atoms with Crippen LogP contribution in [0.2, 0.25) is 0 Å². The molecule has 0 unspecified atom stereocenters. The summed E-state index contributed by atoms with van der Waals surface area (Å²) in [5, 5.41) is 12.9. The minimum Gasteiger partial charge on any atom is -0.377 e. The van der Waals surface area contributed by atoms with Crippen molar-refractivity contribution in [3.8, 4) is 0 Å². The Hall–Kier alpha value is -4.06. The number of carbonyl (C=O) groups is 2. The molecule has 1 saturated heterocycles. The third-order valence-electron chi connectivity index (χ3n) is 11.4. The molecule has 2 aliphatic heterocycles. The molecule has 2 bridgehead atoms. The molecule has 0 radical (unpaired) electrons. The Morgan fingerprint density at radius 1 is 1.11 bits per heavy atom. The lowest BCUT2D eigenvalue weighted by molar-refractivity contribution is -0.187. The average Bonchev–Trinajstić information content (AvgIpc) is 3.46. The summed E-state index contributed by atoms with van der Waals surface area (Å²) < 4.78 is 7.42. The zero-order valence-corrected chi connectivity index (χ0v) is 26.9. The number of piperazine rings is 1. The molecule has 3 aromatic heterocycles. The number of hydrogen-bond acceptors (Lipinski definition) is 8. The number of carbonyl (C=O) groups excluding carboxylic acids is 2. The van der Waals surface area contributed by atoms with Gasteiger partial charge in [-0.2, -0.15) is 4.80 Å². The summed E-state index contributed by atoms with van der Waals surface area (Å²) in [6, 6.07) is 5.37. The Morgan fingerprint density at radius 2 is 1.91 bits per heavy atom. The number of rotatable bonds is 8. The van der Waals surface area contributed by atoms with E-state index >= 15 is 0 Å². The Labute approximate surface area is 267 Å². The van der Waals surface area contributed by atoms with Crippen LogP contribution in [0.25, 0.3) is 16.9 Å². The fourth-order valence-electron chi connectivity index (χ4n) is 8.77. The van der Waals surface area contributed by atoms with Gasteiger partial charge in [-0.15, -0.1) is 10.2 Å². The standard InChI is InChI=1S/C34H42N8O4/c1-4-24-29(39-13-14-40(26-9-8-25(26)39)32(45)23-7-5-6-12-35-23)30(44)28-31(38-42(37-28)22-10-15-46-16-11-22)41(24)17-27(43)36-34-18-33(19-34,20-34)21(2)3/h5-7,10,12,21,25-26H,4,8-9,11,13-20H2,1-3H3,(H,36,43)/t25-,26-,33?,34?/m0/s1. The Bertz CT molecular complexity index is 1790. The summed E-state index contributed by atoms with van der Waals surface area (Å²) in [5.41, 5.74) is 3.48. The number of amides is 2. The lowest BCUT2D eigenvalue weighted by Crippen LogP contribution is -2.76. The number of fused-ring (bicyclic) bond motifs is 2. The van der Waals surface area contributed by atoms with Crippen LogP contribution in [0, 0.1) is 11.3 Å². The molecule has 5 heterocycles. The van der Waals surface area contributed by atoms with E-state index in [0.717, 1.165) is 43.5 Å². The zero-order chi connectivity index (χ0) is 31.8. The summed E-state index contributed by atoms with van der Waals surface area (Å²) in [6.45, 7) is 8.66. The van der Waals surface area contributed by atoms with Crippen molar-refractivity contribution < 1.29 is 14.3 Å². The van der Waals surface area contributed by atoms with Crippen LogP contribution in [0.4, 0.5) is 5.69 Å². The van der Waals surface area contributed by atoms with Crippen LogP contribution in [0.1, 0.15) is 75.5 Å². The summed E-state index contributed by atoms with van der Waals surface area (Å²) in [6.07, 6.45) is 9.61. The van der Waals surface area contributed by atoms with Crippen LogP contribution >= 0.6 is 0 Å². The highest BCUT2D eigenvalue weighted by Crippen LogP contribution is 2.70. The van der Waals surface area contributed by atoms with Crippen molar-refractivity contribution in [2.24, 2.45) is 11.3 Å². The SMILES string of the molecule is CCc1c(N2CCN(C(=O)c3ccccn3)[C@H]3CC[C@@H]32)c(=O)c2nn(C3=CCOCC3)nc2n1CC(=O)NC12CC(C(C)C)(C1)C2. The Balaban J connectivity index is 1.15. The lowest BCUT2D eigenvalue weighted by atomic mass is 9.36. The molecule has 4 saturated carbocycles. The maximum Gasteiger partial charge on any atom is 0.272 e. The van der Waals surface area contributed by atoms with Crippen LogP contribution < -0.4 is 15.6 Å². The quantitative estimate of drug-likeness (QED) is 0.405. The minimum absolute atomic E-state index is 0.000355. The van der Waals surface area contributed by atoms with E-state index in [4.69, 9.17) is 14.9 Å². The van der Waals surface area contributed by atoms with E-state index in [2.05, 4.69) is 29.0 Å². The van der Waals surface area contributed by atoms with Crippen molar-refractivity contribution in [3.63, 3.8) is 0 Å². The van der Waals surface area contributed by atoms with E-state index in [1.165, 1.54) is 0 Å². The van der Waals surface area contributed by atoms with Crippen molar-refractivity contribution >= 4 is 34.4 Å². The molecule has 9 rings (SSSR count). The van der Waals surface area contributed by atoms with E-state index in [1.54, 1.807) is 23.1 Å². The Morgan fingerprint density at radius 3 is 2.57 bits per heavy atom. The first-order valence-electron chi connectivity index (χ1n) is 16.8. The number of pyridine rings is 2. The normalized spacial score (nSPS) is 28.2. The van der Waals surface area contributed by atoms with Gasteiger partial charge in [0.1, 0.15) is 17.9 Å². The topological polar surface area (TPSA) is 127 Å². The number of nitrogens with zero attached hydrogens (tertiary/aromatic N) is 7. The number of anilines is 1. The molecular formula is C34H42N8O4. The van der Waals surface area contributed by atoms with Gasteiger partial charge in [-0.05, 0) is 68.1 Å². The van der Waals surface area contributed by atoms with Gasteiger partial charge in [-0.25, -0.2) is 0 Å². The molecule has 12 nitrogen and oxygen atoms in total. The zero-order valence-electron chi connectivity index (χ0n) is 26.9. The molecule has 2 atom stereocenters. The fourth-order valence-corrected chi connectivity index (χ4v) is 8.77. The molecule has 2 amide bonds. The smallest absolute Gasteiger partial charge is 0.272 e. The monoisotopic (exact) mass is 626 g/mol. The molecule has 12 heteroatoms. The van der Waals surface area contributed by atoms with Gasteiger partial charge in [-0.1, -0.05) is 26.8 Å². The van der Waals surface area contributed by atoms with E-state index in [9.17, 15) is 14.4 Å². The van der Waals surface area contributed by atoms with Gasteiger partial charge in [0.15, 0.2) is 11.2 Å². The molecule has 242 valence electrons. The predicted molar refractivity (Wildman–Crippen MR) is 172 cm³/mol. The summed E-state index contributed by atoms with van der Waals surface area (Å²) in [4.78, 5) is 51.6. The first-order valence-corrected chi connectivity index (χ1v) is 16.8. The second kappa shape index (κ2) is 10.8. The number of aromatic nitrogens is 5. The fraction of sp³-hybridized carbons (Fsp3) is 0.588. The van der Waals surface area contributed by atoms with Gasteiger partial charge in [0.25, 0.3) is 5.91 Å². The highest BCUT2D eigenvalue weighted by Gasteiger charge is 2.69. The molecular weight excluding hydrogens is 584 g/mol. The summed E-state index contributed by atoms with van der Waals surface area (Å²) in [7, 11) is 0. The molecule has 5 fully saturated rings. The van der Waals surface area contributed by atoms with Gasteiger partial charge in [0.2, 0.25) is 11.3 Å². The first kappa shape index (κ1) is 29.3. The van der Waals surface area contributed by atoms with Crippen molar-refractivity contribution in [1.29, 1.82) is 0 Å². The maximum absolute atomic E-state index is 14.4. The molecule has 3 aromatic rings. The van der Waals surface area contributed by atoms with Crippen molar-refractivity contribution in [3.05, 3.63) is 52.1 Å². The number of ether oxygens (including phenoxy) is 1. The third kappa shape index (κ3) is 4.43. The van der Waals surface area contributed by atoms with E-state index in [1.807, 2.05) is 28.5 Å². The highest BCUT2D eigenvalue weighted by atomic mass is 16.5. The molecule has 1 N–H and O–H groups in total. The Kier molecular flexibility index (Phi) is 6.86. The predicted octanol–water partition coefficient (Wildman–Crippen LogP) is 3.00. The highest BCUT2D eigenvalue weighted by molar-refractivity contribution is 5.93. The molecule has 0 spiro atoms. The van der Waals surface area contributed by atoms with Crippen LogP contribution in [-0.2, 0) is 22.5 Å². The van der Waals surface area contributed by atoms with Crippen molar-refractivity contribution in [2.45, 2.75) is 89.9 Å². The molecule has 4 aliphatic carbocycles. The van der Waals surface area contributed by atoms with Gasteiger partial charge < -0.3 is 24.4 Å². The van der Waals surface area contributed by atoms with E-state index < -0.39 is 0 Å². The maximum atomic E-state index is 14.4. The van der Waals surface area contributed by atoms with Crippen LogP contribution in [0.15, 0.2) is 35.3 Å². The third-order valence-corrected chi connectivity index (χ3v) is 11.4. The second-order valence-corrected chi connectivity index (χ2v) is 14.2.